The zero-order valence-electron chi connectivity index (χ0n) is 16.1. The van der Waals surface area contributed by atoms with Gasteiger partial charge in [0.2, 0.25) is 0 Å². The van der Waals surface area contributed by atoms with Gasteiger partial charge in [0, 0.05) is 35.3 Å². The van der Waals surface area contributed by atoms with Crippen molar-refractivity contribution in [1.82, 2.24) is 9.88 Å². The van der Waals surface area contributed by atoms with E-state index >= 15 is 0 Å². The molecule has 0 saturated carbocycles. The second-order valence-corrected chi connectivity index (χ2v) is 8.17. The van der Waals surface area contributed by atoms with Crippen LogP contribution in [0.4, 0.5) is 11.5 Å². The van der Waals surface area contributed by atoms with Crippen molar-refractivity contribution in [2.45, 2.75) is 30.4 Å². The second kappa shape index (κ2) is 8.82. The summed E-state index contributed by atoms with van der Waals surface area (Å²) in [6, 6.07) is 16.6. The van der Waals surface area contributed by atoms with Gasteiger partial charge in [-0.1, -0.05) is 12.1 Å². The molecule has 1 aliphatic rings. The van der Waals surface area contributed by atoms with Crippen molar-refractivity contribution in [3.8, 4) is 0 Å². The standard InChI is InChI=1S/C22H26N4OS/c1-26-12-9-19(10-13-26)27-15-16-2-5-20(6-3-16)28-25-18-4-7-21-17(14-18)8-11-24-22(21)23/h2-8,11,14,19,25H,9-10,12-13,15H2,1H3,(H2,23,24). The molecule has 0 spiro atoms. The Hall–Kier alpha value is -2.28. The summed E-state index contributed by atoms with van der Waals surface area (Å²) in [5, 5.41) is 2.06. The fourth-order valence-corrected chi connectivity index (χ4v) is 4.04. The van der Waals surface area contributed by atoms with E-state index in [0.29, 0.717) is 18.5 Å². The number of benzene rings is 2. The monoisotopic (exact) mass is 394 g/mol. The Morgan fingerprint density at radius 1 is 1.14 bits per heavy atom. The van der Waals surface area contributed by atoms with E-state index in [1.54, 1.807) is 18.1 Å². The Balaban J connectivity index is 1.30. The Morgan fingerprint density at radius 3 is 2.71 bits per heavy atom. The SMILES string of the molecule is CN1CCC(OCc2ccc(SNc3ccc4c(N)nccc4c3)cc2)CC1. The first-order valence-corrected chi connectivity index (χ1v) is 10.5. The van der Waals surface area contributed by atoms with Crippen molar-refractivity contribution >= 4 is 34.2 Å². The number of nitrogens with one attached hydrogen (secondary N) is 1. The van der Waals surface area contributed by atoms with E-state index in [1.165, 1.54) is 5.56 Å². The van der Waals surface area contributed by atoms with Crippen LogP contribution in [0.5, 0.6) is 0 Å². The number of rotatable bonds is 6. The van der Waals surface area contributed by atoms with Gasteiger partial charge < -0.3 is 20.1 Å². The molecule has 6 heteroatoms. The molecule has 0 radical (unpaired) electrons. The van der Waals surface area contributed by atoms with Crippen molar-refractivity contribution in [3.63, 3.8) is 0 Å². The van der Waals surface area contributed by atoms with Gasteiger partial charge in [0.1, 0.15) is 5.82 Å². The first kappa shape index (κ1) is 19.1. The number of pyridine rings is 1. The van der Waals surface area contributed by atoms with Crippen molar-refractivity contribution in [3.05, 3.63) is 60.3 Å². The van der Waals surface area contributed by atoms with Crippen LogP contribution in [0.15, 0.2) is 59.6 Å². The average Bonchev–Trinajstić information content (AvgIpc) is 2.73. The first-order chi connectivity index (χ1) is 13.7. The quantitative estimate of drug-likeness (QED) is 0.598. The Kier molecular flexibility index (Phi) is 6.00. The fraction of sp³-hybridized carbons (Fsp3) is 0.318. The third kappa shape index (κ3) is 4.76. The number of fused-ring (bicyclic) bond motifs is 1. The van der Waals surface area contributed by atoms with E-state index in [0.717, 1.165) is 47.3 Å². The van der Waals surface area contributed by atoms with Crippen LogP contribution in [0.25, 0.3) is 10.8 Å². The fourth-order valence-electron chi connectivity index (χ4n) is 3.40. The van der Waals surface area contributed by atoms with Gasteiger partial charge in [-0.15, -0.1) is 0 Å². The van der Waals surface area contributed by atoms with E-state index in [1.807, 2.05) is 18.2 Å². The van der Waals surface area contributed by atoms with Gasteiger partial charge in [-0.3, -0.25) is 0 Å². The minimum absolute atomic E-state index is 0.393. The summed E-state index contributed by atoms with van der Waals surface area (Å²) in [6.45, 7) is 2.94. The number of likely N-dealkylation sites (tertiary alicyclic amines) is 1. The number of hydrogen-bond acceptors (Lipinski definition) is 6. The van der Waals surface area contributed by atoms with E-state index in [9.17, 15) is 0 Å². The normalized spacial score (nSPS) is 15.8. The molecule has 3 aromatic rings. The van der Waals surface area contributed by atoms with Gasteiger partial charge in [0.05, 0.1) is 12.7 Å². The molecule has 0 aliphatic carbocycles. The highest BCUT2D eigenvalue weighted by atomic mass is 32.2. The van der Waals surface area contributed by atoms with Crippen molar-refractivity contribution in [2.75, 3.05) is 30.6 Å². The lowest BCUT2D eigenvalue weighted by Crippen LogP contribution is -2.34. The smallest absolute Gasteiger partial charge is 0.131 e. The van der Waals surface area contributed by atoms with Gasteiger partial charge in [-0.25, -0.2) is 4.98 Å². The van der Waals surface area contributed by atoms with Crippen LogP contribution < -0.4 is 10.5 Å². The number of anilines is 2. The molecule has 2 aromatic carbocycles. The summed E-state index contributed by atoms with van der Waals surface area (Å²) in [6.07, 6.45) is 4.38. The predicted octanol–water partition coefficient (Wildman–Crippen LogP) is 4.55. The first-order valence-electron chi connectivity index (χ1n) is 9.63. The van der Waals surface area contributed by atoms with Gasteiger partial charge in [-0.05, 0) is 79.2 Å². The van der Waals surface area contributed by atoms with Crippen LogP contribution in [0, 0.1) is 0 Å². The molecule has 1 fully saturated rings. The number of ether oxygens (including phenoxy) is 1. The van der Waals surface area contributed by atoms with E-state index in [2.05, 4.69) is 52.0 Å². The van der Waals surface area contributed by atoms with Crippen molar-refractivity contribution < 1.29 is 4.74 Å². The summed E-state index contributed by atoms with van der Waals surface area (Å²) in [5.74, 6) is 0.565. The van der Waals surface area contributed by atoms with Gasteiger partial charge in [-0.2, -0.15) is 0 Å². The number of aromatic nitrogens is 1. The molecule has 1 aromatic heterocycles. The summed E-state index contributed by atoms with van der Waals surface area (Å²) in [5.41, 5.74) is 8.17. The minimum atomic E-state index is 0.393. The molecule has 146 valence electrons. The van der Waals surface area contributed by atoms with Crippen LogP contribution >= 0.6 is 11.9 Å². The summed E-state index contributed by atoms with van der Waals surface area (Å²) < 4.78 is 9.47. The molecule has 5 nitrogen and oxygen atoms in total. The molecule has 0 amide bonds. The maximum atomic E-state index is 6.07. The number of nitrogen functional groups attached to an aromatic ring is 1. The highest BCUT2D eigenvalue weighted by Crippen LogP contribution is 2.26. The number of piperidine rings is 1. The van der Waals surface area contributed by atoms with Crippen molar-refractivity contribution in [2.24, 2.45) is 0 Å². The third-order valence-corrected chi connectivity index (χ3v) is 6.00. The second-order valence-electron chi connectivity index (χ2n) is 7.29. The third-order valence-electron chi connectivity index (χ3n) is 5.16. The maximum Gasteiger partial charge on any atom is 0.131 e. The molecule has 28 heavy (non-hydrogen) atoms. The number of nitrogens with zero attached hydrogens (tertiary/aromatic N) is 2. The zero-order valence-corrected chi connectivity index (χ0v) is 16.9. The maximum absolute atomic E-state index is 6.07. The van der Waals surface area contributed by atoms with Gasteiger partial charge in [0.15, 0.2) is 0 Å². The summed E-state index contributed by atoms with van der Waals surface area (Å²) in [4.78, 5) is 7.65. The highest BCUT2D eigenvalue weighted by molar-refractivity contribution is 8.00. The van der Waals surface area contributed by atoms with E-state index < -0.39 is 0 Å². The highest BCUT2D eigenvalue weighted by Gasteiger charge is 2.16. The Bertz CT molecular complexity index is 923. The summed E-state index contributed by atoms with van der Waals surface area (Å²) >= 11 is 1.60. The lowest BCUT2D eigenvalue weighted by molar-refractivity contribution is 0.00212. The lowest BCUT2D eigenvalue weighted by atomic mass is 10.1. The van der Waals surface area contributed by atoms with Crippen LogP contribution in [-0.2, 0) is 11.3 Å². The molecule has 0 atom stereocenters. The molecule has 1 saturated heterocycles. The largest absolute Gasteiger partial charge is 0.383 e. The Morgan fingerprint density at radius 2 is 1.93 bits per heavy atom. The van der Waals surface area contributed by atoms with Crippen LogP contribution in [-0.4, -0.2) is 36.1 Å². The summed E-state index contributed by atoms with van der Waals surface area (Å²) in [7, 11) is 2.17. The number of hydrogen-bond donors (Lipinski definition) is 2. The number of nitrogens with two attached hydrogens (primary N) is 1. The van der Waals surface area contributed by atoms with Crippen LogP contribution in [0.1, 0.15) is 18.4 Å². The molecular weight excluding hydrogens is 368 g/mol. The molecule has 0 bridgehead atoms. The molecule has 2 heterocycles. The van der Waals surface area contributed by atoms with Gasteiger partial charge in [0.25, 0.3) is 0 Å². The molecule has 0 unspecified atom stereocenters. The molecule has 4 rings (SSSR count). The van der Waals surface area contributed by atoms with Gasteiger partial charge >= 0.3 is 0 Å². The van der Waals surface area contributed by atoms with Crippen LogP contribution in [0.2, 0.25) is 0 Å². The average molecular weight is 395 g/mol. The van der Waals surface area contributed by atoms with E-state index in [4.69, 9.17) is 10.5 Å². The molecular formula is C22H26N4OS. The Labute approximate surface area is 170 Å². The molecule has 3 N–H and O–H groups in total. The van der Waals surface area contributed by atoms with Crippen LogP contribution in [0.3, 0.4) is 0 Å². The lowest BCUT2D eigenvalue weighted by Gasteiger charge is -2.28. The predicted molar refractivity (Wildman–Crippen MR) is 117 cm³/mol. The topological polar surface area (TPSA) is 63.4 Å². The molecule has 1 aliphatic heterocycles. The van der Waals surface area contributed by atoms with E-state index in [-0.39, 0.29) is 0 Å². The zero-order chi connectivity index (χ0) is 19.3. The van der Waals surface area contributed by atoms with Crippen molar-refractivity contribution in [1.29, 1.82) is 0 Å². The minimum Gasteiger partial charge on any atom is -0.383 e.